The highest BCUT2D eigenvalue weighted by Crippen LogP contribution is 2.13. The van der Waals surface area contributed by atoms with Crippen molar-refractivity contribution in [3.8, 4) is 0 Å². The van der Waals surface area contributed by atoms with E-state index in [0.29, 0.717) is 25.2 Å². The molecular weight excluding hydrogens is 218 g/mol. The Hall–Kier alpha value is -0.430. The van der Waals surface area contributed by atoms with Gasteiger partial charge >= 0.3 is 0 Å². The molecule has 0 bridgehead atoms. The number of aliphatic hydroxyl groups excluding tert-OH is 2. The first kappa shape index (κ1) is 12.6. The van der Waals surface area contributed by atoms with Crippen LogP contribution in [0.2, 0.25) is 0 Å². The van der Waals surface area contributed by atoms with Crippen molar-refractivity contribution in [3.63, 3.8) is 0 Å². The van der Waals surface area contributed by atoms with Gasteiger partial charge in [-0.3, -0.25) is 0 Å². The Morgan fingerprint density at radius 1 is 1.53 bits per heavy atom. The van der Waals surface area contributed by atoms with Crippen LogP contribution in [0, 0.1) is 0 Å². The summed E-state index contributed by atoms with van der Waals surface area (Å²) in [5.74, 6) is 1.24. The molecule has 1 rings (SSSR count). The summed E-state index contributed by atoms with van der Waals surface area (Å²) in [5, 5.41) is 17.6. The number of nitrogens with two attached hydrogens (primary N) is 1. The van der Waals surface area contributed by atoms with E-state index >= 15 is 0 Å². The van der Waals surface area contributed by atoms with Crippen LogP contribution in [-0.2, 0) is 9.47 Å². The Morgan fingerprint density at radius 3 is 2.80 bits per heavy atom. The van der Waals surface area contributed by atoms with E-state index in [1.165, 1.54) is 0 Å². The van der Waals surface area contributed by atoms with Crippen LogP contribution in [0.3, 0.4) is 0 Å². The molecule has 88 valence electrons. The van der Waals surface area contributed by atoms with Crippen molar-refractivity contribution in [2.24, 2.45) is 5.73 Å². The summed E-state index contributed by atoms with van der Waals surface area (Å²) in [6.07, 6.45) is 1.37. The van der Waals surface area contributed by atoms with Crippen molar-refractivity contribution in [1.29, 1.82) is 0 Å². The van der Waals surface area contributed by atoms with E-state index in [4.69, 9.17) is 25.4 Å². The van der Waals surface area contributed by atoms with Gasteiger partial charge in [-0.25, -0.2) is 0 Å². The molecule has 0 aromatic heterocycles. The average molecular weight is 235 g/mol. The molecule has 0 aromatic rings. The van der Waals surface area contributed by atoms with E-state index in [9.17, 15) is 0 Å². The molecule has 1 atom stereocenters. The zero-order valence-corrected chi connectivity index (χ0v) is 9.28. The number of hydrogen-bond acceptors (Lipinski definition) is 6. The second kappa shape index (κ2) is 6.95. The minimum Gasteiger partial charge on any atom is -0.512 e. The minimum absolute atomic E-state index is 0.0873. The molecule has 1 unspecified atom stereocenters. The topological polar surface area (TPSA) is 84.9 Å². The van der Waals surface area contributed by atoms with Crippen LogP contribution < -0.4 is 5.73 Å². The number of aliphatic hydroxyl groups is 2. The van der Waals surface area contributed by atoms with Crippen LogP contribution >= 0.6 is 11.8 Å². The summed E-state index contributed by atoms with van der Waals surface area (Å²) in [5.41, 5.74) is 5.56. The number of ether oxygens (including phenoxy) is 2. The van der Waals surface area contributed by atoms with E-state index < -0.39 is 6.04 Å². The van der Waals surface area contributed by atoms with Crippen molar-refractivity contribution in [2.75, 3.05) is 24.7 Å². The monoisotopic (exact) mass is 235 g/mol. The van der Waals surface area contributed by atoms with Crippen molar-refractivity contribution >= 4 is 11.8 Å². The van der Waals surface area contributed by atoms with Crippen LogP contribution in [0.15, 0.2) is 12.0 Å². The number of hydrogen-bond donors (Lipinski definition) is 3. The van der Waals surface area contributed by atoms with E-state index in [2.05, 4.69) is 0 Å². The average Bonchev–Trinajstić information content (AvgIpc) is 2.75. The summed E-state index contributed by atoms with van der Waals surface area (Å²) in [7, 11) is 0. The smallest absolute Gasteiger partial charge is 0.158 e. The summed E-state index contributed by atoms with van der Waals surface area (Å²) in [6.45, 7) is 1.34. The molecule has 1 saturated heterocycles. The van der Waals surface area contributed by atoms with Gasteiger partial charge in [-0.05, 0) is 5.75 Å². The predicted molar refractivity (Wildman–Crippen MR) is 59.0 cm³/mol. The fraction of sp³-hybridized carbons (Fsp3) is 0.778. The van der Waals surface area contributed by atoms with E-state index in [1.807, 2.05) is 0 Å². The molecule has 5 nitrogen and oxygen atoms in total. The molecule has 6 heteroatoms. The van der Waals surface area contributed by atoms with Gasteiger partial charge in [0.15, 0.2) is 6.29 Å². The fourth-order valence-corrected chi connectivity index (χ4v) is 2.10. The van der Waals surface area contributed by atoms with Crippen LogP contribution in [0.4, 0.5) is 0 Å². The Kier molecular flexibility index (Phi) is 5.85. The maximum atomic E-state index is 9.06. The summed E-state index contributed by atoms with van der Waals surface area (Å²) >= 11 is 1.59. The zero-order valence-electron chi connectivity index (χ0n) is 8.46. The van der Waals surface area contributed by atoms with E-state index in [1.54, 1.807) is 11.8 Å². The molecule has 4 N–H and O–H groups in total. The zero-order chi connectivity index (χ0) is 11.1. The Morgan fingerprint density at radius 2 is 2.20 bits per heavy atom. The molecule has 0 aromatic carbocycles. The van der Waals surface area contributed by atoms with Crippen molar-refractivity contribution in [1.82, 2.24) is 0 Å². The van der Waals surface area contributed by atoms with Crippen molar-refractivity contribution < 1.29 is 19.7 Å². The Bertz CT molecular complexity index is 206. The highest BCUT2D eigenvalue weighted by molar-refractivity contribution is 7.99. The molecule has 0 aliphatic carbocycles. The summed E-state index contributed by atoms with van der Waals surface area (Å²) < 4.78 is 10.5. The molecule has 0 spiro atoms. The molecule has 0 radical (unpaired) electrons. The quantitative estimate of drug-likeness (QED) is 0.466. The molecule has 0 saturated carbocycles. The van der Waals surface area contributed by atoms with Gasteiger partial charge in [0.25, 0.3) is 0 Å². The first-order chi connectivity index (χ1) is 7.24. The highest BCUT2D eigenvalue weighted by atomic mass is 32.2. The lowest BCUT2D eigenvalue weighted by molar-refractivity contribution is -0.0421. The molecular formula is C9H17NO4S. The largest absolute Gasteiger partial charge is 0.512 e. The minimum atomic E-state index is -0.509. The number of rotatable bonds is 6. The first-order valence-corrected chi connectivity index (χ1v) is 5.99. The number of thioether (sulfide) groups is 1. The standard InChI is InChI=1S/C9H17NO4S/c10-7(8(12)5-11)6-15-4-1-9-13-2-3-14-9/h5,7,9,11-12H,1-4,6,10H2/b8-5+. The third-order valence-electron chi connectivity index (χ3n) is 2.00. The first-order valence-electron chi connectivity index (χ1n) is 4.84. The van der Waals surface area contributed by atoms with Gasteiger partial charge in [-0.1, -0.05) is 0 Å². The van der Waals surface area contributed by atoms with Gasteiger partial charge in [0.2, 0.25) is 0 Å². The molecule has 1 aliphatic rings. The maximum absolute atomic E-state index is 9.06. The van der Waals surface area contributed by atoms with Gasteiger partial charge in [-0.15, -0.1) is 0 Å². The lowest BCUT2D eigenvalue weighted by Crippen LogP contribution is -2.25. The summed E-state index contributed by atoms with van der Waals surface area (Å²) in [4.78, 5) is 0. The SMILES string of the molecule is NC(CSCCC1OCCO1)/C(O)=C\O. The van der Waals surface area contributed by atoms with Crippen LogP contribution in [0.5, 0.6) is 0 Å². The Balaban J connectivity index is 2.00. The fourth-order valence-electron chi connectivity index (χ4n) is 1.14. The van der Waals surface area contributed by atoms with Gasteiger partial charge in [0.1, 0.15) is 12.0 Å². The van der Waals surface area contributed by atoms with Crippen LogP contribution in [-0.4, -0.2) is 47.3 Å². The molecule has 1 aliphatic heterocycles. The van der Waals surface area contributed by atoms with E-state index in [-0.39, 0.29) is 12.0 Å². The molecule has 1 heterocycles. The highest BCUT2D eigenvalue weighted by Gasteiger charge is 2.15. The van der Waals surface area contributed by atoms with Crippen LogP contribution in [0.25, 0.3) is 0 Å². The van der Waals surface area contributed by atoms with Crippen LogP contribution in [0.1, 0.15) is 6.42 Å². The lowest BCUT2D eigenvalue weighted by atomic mass is 10.3. The second-order valence-corrected chi connectivity index (χ2v) is 4.35. The van der Waals surface area contributed by atoms with Crippen molar-refractivity contribution in [3.05, 3.63) is 12.0 Å². The molecule has 0 amide bonds. The van der Waals surface area contributed by atoms with Crippen molar-refractivity contribution in [2.45, 2.75) is 18.8 Å². The van der Waals surface area contributed by atoms with Gasteiger partial charge < -0.3 is 25.4 Å². The van der Waals surface area contributed by atoms with Gasteiger partial charge in [-0.2, -0.15) is 11.8 Å². The molecule has 15 heavy (non-hydrogen) atoms. The van der Waals surface area contributed by atoms with Gasteiger partial charge in [0, 0.05) is 12.2 Å². The molecule has 1 fully saturated rings. The second-order valence-electron chi connectivity index (χ2n) is 3.20. The third-order valence-corrected chi connectivity index (χ3v) is 3.12. The summed E-state index contributed by atoms with van der Waals surface area (Å²) in [6, 6.07) is -0.509. The normalized spacial score (nSPS) is 20.7. The van der Waals surface area contributed by atoms with E-state index in [0.717, 1.165) is 12.2 Å². The lowest BCUT2D eigenvalue weighted by Gasteiger charge is -2.11. The third kappa shape index (κ3) is 4.74. The predicted octanol–water partition coefficient (Wildman–Crippen LogP) is 0.767. The van der Waals surface area contributed by atoms with Gasteiger partial charge in [0.05, 0.1) is 19.3 Å². The Labute approximate surface area is 93.2 Å². The maximum Gasteiger partial charge on any atom is 0.158 e.